The highest BCUT2D eigenvalue weighted by Gasteiger charge is 1.79. The highest BCUT2D eigenvalue weighted by atomic mass is 16.9. The molecule has 0 aromatic rings. The maximum atomic E-state index is 9.47. The minimum atomic E-state index is -1.50. The molecule has 0 saturated carbocycles. The number of nitrogens with two attached hydrogens (primary N) is 1. The second-order valence-corrected chi connectivity index (χ2v) is 2.65. The van der Waals surface area contributed by atoms with Gasteiger partial charge in [-0.15, -0.1) is 10.1 Å². The highest BCUT2D eigenvalue weighted by Crippen LogP contribution is 1.76. The van der Waals surface area contributed by atoms with Gasteiger partial charge in [-0.3, -0.25) is 4.79 Å². The number of carbonyl (C=O) groups excluding carboxylic acids is 1. The summed E-state index contributed by atoms with van der Waals surface area (Å²) in [5, 5.41) is 13.6. The lowest BCUT2D eigenvalue weighted by Crippen LogP contribution is -2.11. The molecule has 15 heavy (non-hydrogen) atoms. The van der Waals surface area contributed by atoms with Gasteiger partial charge < -0.3 is 15.8 Å². The number of carbonyl (C=O) groups is 1. The van der Waals surface area contributed by atoms with Crippen LogP contribution in [0.2, 0.25) is 0 Å². The molecule has 7 heteroatoms. The Morgan fingerprint density at radius 3 is 1.93 bits per heavy atom. The highest BCUT2D eigenvalue weighted by molar-refractivity contribution is 5.84. The molecule has 0 fully saturated rings. The molecule has 0 unspecified atom stereocenters. The number of hydrogen-bond acceptors (Lipinski definition) is 4. The maximum Gasteiger partial charge on any atom is 0.291 e. The SMILES string of the molecule is C=CC(N)=O.CCCN(C)C.O=[N+]([O-])O. The Balaban J connectivity index is -0.000000147. The third kappa shape index (κ3) is 117. The van der Waals surface area contributed by atoms with Crippen LogP contribution in [0.25, 0.3) is 0 Å². The molecule has 0 aromatic heterocycles. The molecule has 0 bridgehead atoms. The Morgan fingerprint density at radius 2 is 1.93 bits per heavy atom. The second-order valence-electron chi connectivity index (χ2n) is 2.65. The first-order valence-corrected chi connectivity index (χ1v) is 4.17. The molecular formula is C8H19N3O4. The van der Waals surface area contributed by atoms with Crippen molar-refractivity contribution in [1.82, 2.24) is 4.90 Å². The molecule has 0 radical (unpaired) electrons. The predicted octanol–water partition coefficient (Wildman–Crippen LogP) is 0.268. The van der Waals surface area contributed by atoms with Crippen LogP contribution < -0.4 is 5.73 Å². The molecule has 0 aliphatic rings. The Kier molecular flexibility index (Phi) is 18.9. The molecule has 0 aliphatic carbocycles. The summed E-state index contributed by atoms with van der Waals surface area (Å²) in [7, 11) is 4.17. The zero-order valence-electron chi connectivity index (χ0n) is 9.34. The van der Waals surface area contributed by atoms with Gasteiger partial charge in [0.15, 0.2) is 0 Å². The van der Waals surface area contributed by atoms with Gasteiger partial charge >= 0.3 is 0 Å². The summed E-state index contributed by atoms with van der Waals surface area (Å²) in [6.45, 7) is 6.47. The van der Waals surface area contributed by atoms with Gasteiger partial charge in [0.05, 0.1) is 0 Å². The monoisotopic (exact) mass is 221 g/mol. The van der Waals surface area contributed by atoms with Crippen molar-refractivity contribution in [3.63, 3.8) is 0 Å². The van der Waals surface area contributed by atoms with Gasteiger partial charge in [-0.25, -0.2) is 0 Å². The smallest absolute Gasteiger partial charge is 0.291 e. The van der Waals surface area contributed by atoms with E-state index in [9.17, 15) is 4.79 Å². The largest absolute Gasteiger partial charge is 0.366 e. The Hall–Kier alpha value is -1.63. The number of nitrogens with zero attached hydrogens (tertiary/aromatic N) is 2. The third-order valence-corrected chi connectivity index (χ3v) is 0.872. The molecular weight excluding hydrogens is 202 g/mol. The quantitative estimate of drug-likeness (QED) is 0.403. The molecule has 1 amide bonds. The van der Waals surface area contributed by atoms with E-state index in [0.717, 1.165) is 6.08 Å². The lowest BCUT2D eigenvalue weighted by atomic mass is 10.5. The fourth-order valence-corrected chi connectivity index (χ4v) is 0.447. The molecule has 0 saturated heterocycles. The molecule has 0 aliphatic heterocycles. The van der Waals surface area contributed by atoms with Gasteiger partial charge in [0.2, 0.25) is 5.91 Å². The summed E-state index contributed by atoms with van der Waals surface area (Å²) in [6.07, 6.45) is 2.31. The fourth-order valence-electron chi connectivity index (χ4n) is 0.447. The summed E-state index contributed by atoms with van der Waals surface area (Å²) in [4.78, 5) is 20.0. The van der Waals surface area contributed by atoms with E-state index in [1.807, 2.05) is 0 Å². The fraction of sp³-hybridized carbons (Fsp3) is 0.625. The van der Waals surface area contributed by atoms with E-state index < -0.39 is 11.0 Å². The van der Waals surface area contributed by atoms with E-state index >= 15 is 0 Å². The van der Waals surface area contributed by atoms with Crippen LogP contribution in [0.3, 0.4) is 0 Å². The van der Waals surface area contributed by atoms with Crippen LogP contribution in [0.4, 0.5) is 0 Å². The summed E-state index contributed by atoms with van der Waals surface area (Å²) in [5.74, 6) is -0.481. The average molecular weight is 221 g/mol. The number of hydrogen-bond donors (Lipinski definition) is 2. The van der Waals surface area contributed by atoms with E-state index in [1.54, 1.807) is 0 Å². The second kappa shape index (κ2) is 14.9. The van der Waals surface area contributed by atoms with Gasteiger partial charge in [-0.1, -0.05) is 13.5 Å². The summed E-state index contributed by atoms with van der Waals surface area (Å²) in [6, 6.07) is 0. The van der Waals surface area contributed by atoms with Crippen molar-refractivity contribution in [3.8, 4) is 0 Å². The van der Waals surface area contributed by atoms with Crippen LogP contribution in [-0.2, 0) is 4.79 Å². The standard InChI is InChI=1S/C5H13N.C3H5NO.HNO3/c1-4-5-6(2)3;1-2-3(4)5;2-1(3)4/h4-5H2,1-3H3;2H,1H2,(H2,4,5);(H,2,3,4). The van der Waals surface area contributed by atoms with E-state index in [0.29, 0.717) is 0 Å². The van der Waals surface area contributed by atoms with Crippen molar-refractivity contribution in [3.05, 3.63) is 22.8 Å². The molecule has 0 atom stereocenters. The van der Waals surface area contributed by atoms with Crippen molar-refractivity contribution < 1.29 is 15.1 Å². The Bertz CT molecular complexity index is 179. The van der Waals surface area contributed by atoms with Gasteiger partial charge in [-0.2, -0.15) is 0 Å². The predicted molar refractivity (Wildman–Crippen MR) is 57.0 cm³/mol. The molecule has 7 nitrogen and oxygen atoms in total. The van der Waals surface area contributed by atoms with Crippen molar-refractivity contribution in [2.45, 2.75) is 13.3 Å². The topological polar surface area (TPSA) is 110 Å². The number of rotatable bonds is 3. The van der Waals surface area contributed by atoms with E-state index in [4.69, 9.17) is 15.3 Å². The molecule has 0 aromatic carbocycles. The molecule has 3 N–H and O–H groups in total. The first kappa shape index (κ1) is 19.0. The lowest BCUT2D eigenvalue weighted by molar-refractivity contribution is -0.742. The van der Waals surface area contributed by atoms with Crippen molar-refractivity contribution >= 4 is 5.91 Å². The molecule has 0 spiro atoms. The van der Waals surface area contributed by atoms with Crippen LogP contribution in [0.15, 0.2) is 12.7 Å². The zero-order chi connectivity index (χ0) is 12.9. The van der Waals surface area contributed by atoms with Gasteiger partial charge in [0, 0.05) is 0 Å². The number of primary amides is 1. The van der Waals surface area contributed by atoms with Crippen LogP contribution >= 0.6 is 0 Å². The van der Waals surface area contributed by atoms with Gasteiger partial charge in [0.1, 0.15) is 0 Å². The van der Waals surface area contributed by atoms with Crippen LogP contribution in [0.5, 0.6) is 0 Å². The van der Waals surface area contributed by atoms with Crippen LogP contribution in [0.1, 0.15) is 13.3 Å². The lowest BCUT2D eigenvalue weighted by Gasteiger charge is -2.03. The van der Waals surface area contributed by atoms with Crippen molar-refractivity contribution in [2.24, 2.45) is 5.73 Å². The minimum Gasteiger partial charge on any atom is -0.366 e. The Morgan fingerprint density at radius 1 is 1.67 bits per heavy atom. The van der Waals surface area contributed by atoms with E-state index in [1.165, 1.54) is 13.0 Å². The van der Waals surface area contributed by atoms with Crippen molar-refractivity contribution in [1.29, 1.82) is 0 Å². The summed E-state index contributed by atoms with van der Waals surface area (Å²) < 4.78 is 0. The molecule has 0 rings (SSSR count). The van der Waals surface area contributed by atoms with Crippen molar-refractivity contribution in [2.75, 3.05) is 20.6 Å². The summed E-state index contributed by atoms with van der Waals surface area (Å²) in [5.41, 5.74) is 4.53. The third-order valence-electron chi connectivity index (χ3n) is 0.872. The first-order chi connectivity index (χ1) is 6.77. The average Bonchev–Trinajstić information content (AvgIpc) is 2.03. The summed E-state index contributed by atoms with van der Waals surface area (Å²) >= 11 is 0. The van der Waals surface area contributed by atoms with E-state index in [-0.39, 0.29) is 0 Å². The molecule has 90 valence electrons. The number of amides is 1. The minimum absolute atomic E-state index is 0.481. The normalized spacial score (nSPS) is 7.73. The Labute approximate surface area is 89.3 Å². The van der Waals surface area contributed by atoms with Gasteiger partial charge in [-0.05, 0) is 33.1 Å². The van der Waals surface area contributed by atoms with Crippen LogP contribution in [-0.4, -0.2) is 41.7 Å². The maximum absolute atomic E-state index is 9.47. The van der Waals surface area contributed by atoms with Crippen LogP contribution in [0, 0.1) is 10.1 Å². The molecule has 0 heterocycles. The first-order valence-electron chi connectivity index (χ1n) is 4.17. The zero-order valence-corrected chi connectivity index (χ0v) is 9.34. The van der Waals surface area contributed by atoms with E-state index in [2.05, 4.69) is 38.2 Å². The van der Waals surface area contributed by atoms with Gasteiger partial charge in [0.25, 0.3) is 5.09 Å².